The lowest BCUT2D eigenvalue weighted by Gasteiger charge is -2.36. The first-order chi connectivity index (χ1) is 13.9. The van der Waals surface area contributed by atoms with Crippen molar-refractivity contribution in [2.75, 3.05) is 32.8 Å². The molecule has 29 heavy (non-hydrogen) atoms. The molecule has 1 saturated heterocycles. The Bertz CT molecular complexity index is 870. The third kappa shape index (κ3) is 4.28. The quantitative estimate of drug-likeness (QED) is 0.719. The maximum absolute atomic E-state index is 13.4. The SMILES string of the molecule is COC(=O)c1nc(NC(=O)C2(c3ccc(OC)cc3)CCOCC2)sc1C(C)C. The number of nitrogens with zero attached hydrogens (tertiary/aromatic N) is 1. The van der Waals surface area contributed by atoms with E-state index in [0.29, 0.717) is 31.2 Å². The lowest BCUT2D eigenvalue weighted by Crippen LogP contribution is -2.44. The van der Waals surface area contributed by atoms with E-state index in [1.54, 1.807) is 7.11 Å². The largest absolute Gasteiger partial charge is 0.497 e. The maximum Gasteiger partial charge on any atom is 0.357 e. The topological polar surface area (TPSA) is 86.8 Å². The Morgan fingerprint density at radius 2 is 1.83 bits per heavy atom. The molecule has 0 atom stereocenters. The Morgan fingerprint density at radius 1 is 1.17 bits per heavy atom. The van der Waals surface area contributed by atoms with Crippen LogP contribution in [-0.4, -0.2) is 44.3 Å². The van der Waals surface area contributed by atoms with Crippen molar-refractivity contribution in [1.29, 1.82) is 0 Å². The van der Waals surface area contributed by atoms with Gasteiger partial charge in [-0.3, -0.25) is 4.79 Å². The van der Waals surface area contributed by atoms with Crippen LogP contribution in [-0.2, 0) is 19.7 Å². The molecule has 8 heteroatoms. The summed E-state index contributed by atoms with van der Waals surface area (Å²) in [5.74, 6) is 0.180. The first kappa shape index (κ1) is 21.3. The molecule has 0 spiro atoms. The molecular weight excluding hydrogens is 392 g/mol. The first-order valence-corrected chi connectivity index (χ1v) is 10.4. The number of carbonyl (C=O) groups is 2. The first-order valence-electron chi connectivity index (χ1n) is 9.54. The molecule has 1 aliphatic heterocycles. The van der Waals surface area contributed by atoms with Gasteiger partial charge in [-0.25, -0.2) is 9.78 Å². The molecule has 1 N–H and O–H groups in total. The fraction of sp³-hybridized carbons (Fsp3) is 0.476. The van der Waals surface area contributed by atoms with E-state index in [1.807, 2.05) is 38.1 Å². The lowest BCUT2D eigenvalue weighted by atomic mass is 9.73. The van der Waals surface area contributed by atoms with Gasteiger partial charge in [0, 0.05) is 18.1 Å². The number of methoxy groups -OCH3 is 2. The van der Waals surface area contributed by atoms with Gasteiger partial charge >= 0.3 is 5.97 Å². The number of hydrogen-bond acceptors (Lipinski definition) is 7. The zero-order valence-electron chi connectivity index (χ0n) is 17.1. The van der Waals surface area contributed by atoms with Crippen LogP contribution in [0.4, 0.5) is 5.13 Å². The van der Waals surface area contributed by atoms with Crippen LogP contribution in [0.15, 0.2) is 24.3 Å². The summed E-state index contributed by atoms with van der Waals surface area (Å²) >= 11 is 1.31. The number of benzene rings is 1. The Hall–Kier alpha value is -2.45. The molecule has 1 aliphatic rings. The fourth-order valence-corrected chi connectivity index (χ4v) is 4.46. The van der Waals surface area contributed by atoms with E-state index in [-0.39, 0.29) is 17.5 Å². The molecule has 1 fully saturated rings. The molecule has 1 aromatic heterocycles. The van der Waals surface area contributed by atoms with E-state index >= 15 is 0 Å². The highest BCUT2D eigenvalue weighted by Crippen LogP contribution is 2.38. The maximum atomic E-state index is 13.4. The summed E-state index contributed by atoms with van der Waals surface area (Å²) in [5.41, 5.74) is 0.445. The van der Waals surface area contributed by atoms with Gasteiger partial charge in [-0.2, -0.15) is 0 Å². The number of aromatic nitrogens is 1. The second-order valence-electron chi connectivity index (χ2n) is 7.26. The number of anilines is 1. The Balaban J connectivity index is 1.92. The van der Waals surface area contributed by atoms with Crippen LogP contribution in [0.2, 0.25) is 0 Å². The van der Waals surface area contributed by atoms with Crippen molar-refractivity contribution >= 4 is 28.3 Å². The third-order valence-electron chi connectivity index (χ3n) is 5.20. The van der Waals surface area contributed by atoms with Crippen molar-refractivity contribution in [2.24, 2.45) is 0 Å². The second-order valence-corrected chi connectivity index (χ2v) is 8.29. The molecule has 2 aromatic rings. The predicted octanol–water partition coefficient (Wildman–Crippen LogP) is 3.75. The summed E-state index contributed by atoms with van der Waals surface area (Å²) in [5, 5.41) is 3.35. The van der Waals surface area contributed by atoms with Crippen LogP contribution in [0.3, 0.4) is 0 Å². The zero-order chi connectivity index (χ0) is 21.0. The Labute approximate surface area is 174 Å². The minimum absolute atomic E-state index is 0.0888. The molecule has 0 radical (unpaired) electrons. The van der Waals surface area contributed by atoms with Gasteiger partial charge in [-0.05, 0) is 36.5 Å². The Kier molecular flexibility index (Phi) is 6.54. The smallest absolute Gasteiger partial charge is 0.357 e. The Morgan fingerprint density at radius 3 is 2.38 bits per heavy atom. The minimum Gasteiger partial charge on any atom is -0.497 e. The number of amides is 1. The number of hydrogen-bond donors (Lipinski definition) is 1. The summed E-state index contributed by atoms with van der Waals surface area (Å²) < 4.78 is 15.6. The van der Waals surface area contributed by atoms with E-state index in [4.69, 9.17) is 14.2 Å². The van der Waals surface area contributed by atoms with E-state index in [9.17, 15) is 9.59 Å². The number of carbonyl (C=O) groups excluding carboxylic acids is 2. The van der Waals surface area contributed by atoms with Gasteiger partial charge < -0.3 is 19.5 Å². The number of rotatable bonds is 6. The van der Waals surface area contributed by atoms with E-state index < -0.39 is 11.4 Å². The van der Waals surface area contributed by atoms with Crippen LogP contribution in [0.25, 0.3) is 0 Å². The summed E-state index contributed by atoms with van der Waals surface area (Å²) in [6.45, 7) is 4.95. The van der Waals surface area contributed by atoms with Crippen molar-refractivity contribution in [3.8, 4) is 5.75 Å². The van der Waals surface area contributed by atoms with E-state index in [0.717, 1.165) is 16.2 Å². The highest BCUT2D eigenvalue weighted by Gasteiger charge is 2.42. The second kappa shape index (κ2) is 8.92. The van der Waals surface area contributed by atoms with Crippen molar-refractivity contribution in [3.63, 3.8) is 0 Å². The van der Waals surface area contributed by atoms with Crippen molar-refractivity contribution in [2.45, 2.75) is 38.0 Å². The van der Waals surface area contributed by atoms with Crippen LogP contribution in [0.1, 0.15) is 53.5 Å². The lowest BCUT2D eigenvalue weighted by molar-refractivity contribution is -0.125. The third-order valence-corrected chi connectivity index (χ3v) is 6.47. The van der Waals surface area contributed by atoms with Gasteiger partial charge in [-0.1, -0.05) is 26.0 Å². The molecule has 2 heterocycles. The summed E-state index contributed by atoms with van der Waals surface area (Å²) in [7, 11) is 2.93. The van der Waals surface area contributed by atoms with Gasteiger partial charge in [0.1, 0.15) is 5.75 Å². The standard InChI is InChI=1S/C21H26N2O5S/c1-13(2)17-16(18(24)27-4)22-20(29-17)23-19(25)21(9-11-28-12-10-21)14-5-7-15(26-3)8-6-14/h5-8,13H,9-12H2,1-4H3,(H,22,23,25). The molecule has 0 unspecified atom stereocenters. The minimum atomic E-state index is -0.723. The summed E-state index contributed by atoms with van der Waals surface area (Å²) in [6, 6.07) is 7.56. The fourth-order valence-electron chi connectivity index (χ4n) is 3.51. The monoisotopic (exact) mass is 418 g/mol. The normalized spacial score (nSPS) is 15.8. The average molecular weight is 419 g/mol. The van der Waals surface area contributed by atoms with Gasteiger partial charge in [0.2, 0.25) is 5.91 Å². The van der Waals surface area contributed by atoms with Gasteiger partial charge in [0.05, 0.1) is 19.6 Å². The molecule has 0 bridgehead atoms. The molecule has 0 saturated carbocycles. The highest BCUT2D eigenvalue weighted by atomic mass is 32.1. The van der Waals surface area contributed by atoms with Crippen LogP contribution >= 0.6 is 11.3 Å². The molecule has 1 aromatic carbocycles. The van der Waals surface area contributed by atoms with Crippen molar-refractivity contribution in [1.82, 2.24) is 4.98 Å². The molecule has 3 rings (SSSR count). The van der Waals surface area contributed by atoms with Gasteiger partial charge in [-0.15, -0.1) is 11.3 Å². The van der Waals surface area contributed by atoms with Crippen LogP contribution in [0, 0.1) is 0 Å². The van der Waals surface area contributed by atoms with Crippen LogP contribution < -0.4 is 10.1 Å². The number of ether oxygens (including phenoxy) is 3. The van der Waals surface area contributed by atoms with Crippen molar-refractivity contribution in [3.05, 3.63) is 40.4 Å². The highest BCUT2D eigenvalue weighted by molar-refractivity contribution is 7.16. The summed E-state index contributed by atoms with van der Waals surface area (Å²) in [6.07, 6.45) is 1.13. The van der Waals surface area contributed by atoms with E-state index in [2.05, 4.69) is 10.3 Å². The average Bonchev–Trinajstić information content (AvgIpc) is 3.18. The number of nitrogens with one attached hydrogen (secondary N) is 1. The zero-order valence-corrected chi connectivity index (χ0v) is 17.9. The summed E-state index contributed by atoms with van der Waals surface area (Å²) in [4.78, 5) is 30.6. The van der Waals surface area contributed by atoms with Gasteiger partial charge in [0.25, 0.3) is 0 Å². The molecule has 7 nitrogen and oxygen atoms in total. The molecule has 0 aliphatic carbocycles. The van der Waals surface area contributed by atoms with Crippen molar-refractivity contribution < 1.29 is 23.8 Å². The van der Waals surface area contributed by atoms with E-state index in [1.165, 1.54) is 18.4 Å². The molecule has 1 amide bonds. The number of thiazole rings is 1. The number of esters is 1. The molecule has 156 valence electrons. The van der Waals surface area contributed by atoms with Gasteiger partial charge in [0.15, 0.2) is 10.8 Å². The molecular formula is C21H26N2O5S. The van der Waals surface area contributed by atoms with Crippen LogP contribution in [0.5, 0.6) is 5.75 Å². The predicted molar refractivity (Wildman–Crippen MR) is 111 cm³/mol.